The normalized spacial score (nSPS) is 53.0. The van der Waals surface area contributed by atoms with Gasteiger partial charge in [0.05, 0.1) is 11.3 Å². The van der Waals surface area contributed by atoms with Gasteiger partial charge in [0.15, 0.2) is 0 Å². The minimum atomic E-state index is -0.464. The van der Waals surface area contributed by atoms with Gasteiger partial charge in [-0.3, -0.25) is 0 Å². The van der Waals surface area contributed by atoms with E-state index in [0.717, 1.165) is 37.0 Å². The van der Waals surface area contributed by atoms with Gasteiger partial charge < -0.3 is 9.63 Å². The summed E-state index contributed by atoms with van der Waals surface area (Å²) in [4.78, 5) is 0. The summed E-state index contributed by atoms with van der Waals surface area (Å²) < 4.78 is 5.28. The average molecular weight is 329 g/mol. The van der Waals surface area contributed by atoms with Crippen molar-refractivity contribution >= 4 is 0 Å². The molecule has 0 aromatic carbocycles. The first-order chi connectivity index (χ1) is 11.4. The van der Waals surface area contributed by atoms with Gasteiger partial charge in [-0.1, -0.05) is 19.0 Å². The molecule has 3 fully saturated rings. The fourth-order valence-electron chi connectivity index (χ4n) is 7.63. The lowest BCUT2D eigenvalue weighted by atomic mass is 9.44. The van der Waals surface area contributed by atoms with Gasteiger partial charge in [0, 0.05) is 5.56 Å². The molecule has 0 bridgehead atoms. The van der Waals surface area contributed by atoms with Crippen molar-refractivity contribution in [2.75, 3.05) is 0 Å². The molecule has 24 heavy (non-hydrogen) atoms. The molecule has 5 rings (SSSR count). The Morgan fingerprint density at radius 1 is 1.08 bits per heavy atom. The molecule has 0 radical (unpaired) electrons. The molecule has 1 heterocycles. The number of fused-ring (bicyclic) bond motifs is 6. The average Bonchev–Trinajstić information content (AvgIpc) is 3.06. The lowest BCUT2D eigenvalue weighted by Gasteiger charge is -2.60. The highest BCUT2D eigenvalue weighted by Crippen LogP contribution is 2.67. The topological polar surface area (TPSA) is 46.3 Å². The summed E-state index contributed by atoms with van der Waals surface area (Å²) in [6.07, 6.45) is 11.6. The number of hydrogen-bond donors (Lipinski definition) is 1. The number of hydrogen-bond acceptors (Lipinski definition) is 3. The summed E-state index contributed by atoms with van der Waals surface area (Å²) in [6.45, 7) is 7.04. The molecule has 3 nitrogen and oxygen atoms in total. The molecule has 0 unspecified atom stereocenters. The first-order valence-corrected chi connectivity index (χ1v) is 10.00. The van der Waals surface area contributed by atoms with Crippen molar-refractivity contribution in [1.29, 1.82) is 0 Å². The molecule has 1 aromatic rings. The maximum absolute atomic E-state index is 11.0. The third kappa shape index (κ3) is 1.75. The molecule has 7 atom stereocenters. The number of nitrogens with zero attached hydrogens (tertiary/aromatic N) is 1. The number of aliphatic hydroxyl groups is 1. The zero-order valence-corrected chi connectivity index (χ0v) is 15.3. The minimum Gasteiger partial charge on any atom is -0.390 e. The summed E-state index contributed by atoms with van der Waals surface area (Å²) >= 11 is 0. The van der Waals surface area contributed by atoms with E-state index in [1.807, 2.05) is 6.26 Å². The fourth-order valence-corrected chi connectivity index (χ4v) is 7.63. The molecule has 0 spiro atoms. The SMILES string of the molecule is C[C@]12Cc3conc3C[C@@H]1CC[C@H]1[C@H]2CC[C@@]2(C)[C@H]1CC[C@@]2(C)O. The molecule has 1 aromatic heterocycles. The van der Waals surface area contributed by atoms with Crippen LogP contribution in [0.4, 0.5) is 0 Å². The van der Waals surface area contributed by atoms with Crippen LogP contribution in [-0.2, 0) is 12.8 Å². The van der Waals surface area contributed by atoms with Gasteiger partial charge in [-0.05, 0) is 92.8 Å². The van der Waals surface area contributed by atoms with Crippen LogP contribution in [0.5, 0.6) is 0 Å². The summed E-state index contributed by atoms with van der Waals surface area (Å²) in [7, 11) is 0. The van der Waals surface area contributed by atoms with E-state index in [4.69, 9.17) is 4.52 Å². The molecule has 0 amide bonds. The summed E-state index contributed by atoms with van der Waals surface area (Å²) in [5.74, 6) is 3.10. The number of rotatable bonds is 0. The van der Waals surface area contributed by atoms with Gasteiger partial charge in [0.25, 0.3) is 0 Å². The monoisotopic (exact) mass is 329 g/mol. The second-order valence-electron chi connectivity index (χ2n) is 10.1. The summed E-state index contributed by atoms with van der Waals surface area (Å²) in [5, 5.41) is 15.3. The van der Waals surface area contributed by atoms with Crippen LogP contribution < -0.4 is 0 Å². The van der Waals surface area contributed by atoms with E-state index in [0.29, 0.717) is 11.3 Å². The molecule has 3 saturated carbocycles. The van der Waals surface area contributed by atoms with Crippen molar-refractivity contribution in [3.8, 4) is 0 Å². The molecule has 132 valence electrons. The Balaban J connectivity index is 1.50. The van der Waals surface area contributed by atoms with E-state index < -0.39 is 5.60 Å². The minimum absolute atomic E-state index is 0.133. The lowest BCUT2D eigenvalue weighted by Crippen LogP contribution is -2.56. The highest BCUT2D eigenvalue weighted by molar-refractivity contribution is 5.25. The van der Waals surface area contributed by atoms with Gasteiger partial charge in [-0.25, -0.2) is 0 Å². The predicted molar refractivity (Wildman–Crippen MR) is 92.4 cm³/mol. The third-order valence-electron chi connectivity index (χ3n) is 9.37. The molecule has 1 N–H and O–H groups in total. The Labute approximate surface area is 145 Å². The van der Waals surface area contributed by atoms with Crippen LogP contribution in [0.15, 0.2) is 10.8 Å². The molecule has 3 heteroatoms. The van der Waals surface area contributed by atoms with Crippen LogP contribution in [0.1, 0.15) is 70.6 Å². The van der Waals surface area contributed by atoms with Gasteiger partial charge in [-0.15, -0.1) is 0 Å². The van der Waals surface area contributed by atoms with Crippen molar-refractivity contribution < 1.29 is 9.63 Å². The zero-order chi connectivity index (χ0) is 16.7. The van der Waals surface area contributed by atoms with Crippen molar-refractivity contribution in [1.82, 2.24) is 5.16 Å². The summed E-state index contributed by atoms with van der Waals surface area (Å²) in [6, 6.07) is 0. The Morgan fingerprint density at radius 2 is 1.88 bits per heavy atom. The lowest BCUT2D eigenvalue weighted by molar-refractivity contribution is -0.139. The van der Waals surface area contributed by atoms with E-state index in [2.05, 4.69) is 25.9 Å². The van der Waals surface area contributed by atoms with Gasteiger partial charge in [0.2, 0.25) is 0 Å². The highest BCUT2D eigenvalue weighted by Gasteiger charge is 2.63. The van der Waals surface area contributed by atoms with Crippen LogP contribution in [0.25, 0.3) is 0 Å². The van der Waals surface area contributed by atoms with Crippen LogP contribution in [-0.4, -0.2) is 15.9 Å². The van der Waals surface area contributed by atoms with Crippen LogP contribution in [0.3, 0.4) is 0 Å². The quantitative estimate of drug-likeness (QED) is 0.768. The highest BCUT2D eigenvalue weighted by atomic mass is 16.5. The van der Waals surface area contributed by atoms with Crippen LogP contribution in [0, 0.1) is 34.5 Å². The Hall–Kier alpha value is -0.830. The molecule has 4 aliphatic carbocycles. The molecule has 0 saturated heterocycles. The van der Waals surface area contributed by atoms with Crippen LogP contribution >= 0.6 is 0 Å². The summed E-state index contributed by atoms with van der Waals surface area (Å²) in [5.41, 5.74) is 2.65. The van der Waals surface area contributed by atoms with Crippen molar-refractivity contribution in [3.63, 3.8) is 0 Å². The standard InChI is InChI=1S/C21H31NO2/c1-19-11-13-12-24-22-18(13)10-14(19)4-5-15-16(19)6-8-20(2)17(15)7-9-21(20,3)23/h12,14-17,23H,4-11H2,1-3H3/t14-,15-,16+,17-,19-,20-,21+/m0/s1. The number of aromatic nitrogens is 1. The zero-order valence-electron chi connectivity index (χ0n) is 15.3. The van der Waals surface area contributed by atoms with E-state index in [1.165, 1.54) is 43.4 Å². The fraction of sp³-hybridized carbons (Fsp3) is 0.857. The predicted octanol–water partition coefficient (Wildman–Crippen LogP) is 4.38. The van der Waals surface area contributed by atoms with Gasteiger partial charge >= 0.3 is 0 Å². The van der Waals surface area contributed by atoms with Gasteiger partial charge in [-0.2, -0.15) is 0 Å². The first kappa shape index (κ1) is 15.4. The second kappa shape index (κ2) is 4.66. The Kier molecular flexibility index (Phi) is 3.00. The third-order valence-corrected chi connectivity index (χ3v) is 9.37. The second-order valence-corrected chi connectivity index (χ2v) is 10.1. The molecular weight excluding hydrogens is 298 g/mol. The molecule has 4 aliphatic rings. The molecule has 0 aliphatic heterocycles. The van der Waals surface area contributed by atoms with E-state index in [-0.39, 0.29) is 5.41 Å². The Bertz CT molecular complexity index is 665. The first-order valence-electron chi connectivity index (χ1n) is 10.00. The van der Waals surface area contributed by atoms with E-state index >= 15 is 0 Å². The van der Waals surface area contributed by atoms with Crippen molar-refractivity contribution in [3.05, 3.63) is 17.5 Å². The Morgan fingerprint density at radius 3 is 2.71 bits per heavy atom. The largest absolute Gasteiger partial charge is 0.390 e. The molecular formula is C21H31NO2. The maximum Gasteiger partial charge on any atom is 0.127 e. The maximum atomic E-state index is 11.0. The van der Waals surface area contributed by atoms with E-state index in [1.54, 1.807) is 0 Å². The van der Waals surface area contributed by atoms with Crippen molar-refractivity contribution in [2.24, 2.45) is 34.5 Å². The van der Waals surface area contributed by atoms with Crippen LogP contribution in [0.2, 0.25) is 0 Å². The van der Waals surface area contributed by atoms with Gasteiger partial charge in [0.1, 0.15) is 6.26 Å². The van der Waals surface area contributed by atoms with Crippen molar-refractivity contribution in [2.45, 2.75) is 77.7 Å². The smallest absolute Gasteiger partial charge is 0.127 e. The van der Waals surface area contributed by atoms with E-state index in [9.17, 15) is 5.11 Å².